The zero-order valence-corrected chi connectivity index (χ0v) is 19.5. The van der Waals surface area contributed by atoms with Gasteiger partial charge in [-0.05, 0) is 31.0 Å². The maximum absolute atomic E-state index is 13.2. The van der Waals surface area contributed by atoms with E-state index in [4.69, 9.17) is 5.73 Å². The molecule has 0 saturated carbocycles. The highest BCUT2D eigenvalue weighted by Gasteiger charge is 2.38. The number of amides is 1. The van der Waals surface area contributed by atoms with Gasteiger partial charge in [0.1, 0.15) is 0 Å². The number of piperazine rings is 1. The second kappa shape index (κ2) is 11.6. The van der Waals surface area contributed by atoms with Crippen LogP contribution in [0.2, 0.25) is 0 Å². The van der Waals surface area contributed by atoms with Gasteiger partial charge < -0.3 is 15.5 Å². The number of aromatic nitrogens is 2. The zero-order chi connectivity index (χ0) is 20.2. The highest BCUT2D eigenvalue weighted by molar-refractivity contribution is 5.85. The zero-order valence-electron chi connectivity index (χ0n) is 17.8. The van der Waals surface area contributed by atoms with Crippen LogP contribution >= 0.6 is 24.8 Å². The van der Waals surface area contributed by atoms with Crippen LogP contribution in [0.25, 0.3) is 0 Å². The summed E-state index contributed by atoms with van der Waals surface area (Å²) in [6, 6.07) is 12.2. The summed E-state index contributed by atoms with van der Waals surface area (Å²) in [5.74, 6) is 1.73. The fourth-order valence-electron chi connectivity index (χ4n) is 4.54. The van der Waals surface area contributed by atoms with Crippen LogP contribution in [0.1, 0.15) is 18.4 Å². The number of nitrogens with zero attached hydrogens (tertiary/aromatic N) is 5. The van der Waals surface area contributed by atoms with Crippen LogP contribution in [0, 0.1) is 5.92 Å². The molecule has 0 aliphatic carbocycles. The third-order valence-electron chi connectivity index (χ3n) is 6.33. The molecular weight excluding hydrogens is 435 g/mol. The van der Waals surface area contributed by atoms with Gasteiger partial charge in [-0.15, -0.1) is 24.8 Å². The summed E-state index contributed by atoms with van der Waals surface area (Å²) in [6.07, 6.45) is 3.51. The smallest absolute Gasteiger partial charge is 0.239 e. The van der Waals surface area contributed by atoms with Crippen molar-refractivity contribution in [2.75, 3.05) is 50.7 Å². The Labute approximate surface area is 196 Å². The number of benzene rings is 1. The summed E-state index contributed by atoms with van der Waals surface area (Å²) < 4.78 is 0. The second-order valence-corrected chi connectivity index (χ2v) is 8.00. The van der Waals surface area contributed by atoms with Crippen LogP contribution in [-0.2, 0) is 4.79 Å². The Bertz CT molecular complexity index is 804. The van der Waals surface area contributed by atoms with E-state index in [2.05, 4.69) is 44.0 Å². The molecule has 3 atom stereocenters. The Morgan fingerprint density at radius 1 is 1.03 bits per heavy atom. The van der Waals surface area contributed by atoms with Gasteiger partial charge in [-0.1, -0.05) is 30.3 Å². The van der Waals surface area contributed by atoms with E-state index < -0.39 is 0 Å². The highest BCUT2D eigenvalue weighted by Crippen LogP contribution is 2.33. The van der Waals surface area contributed by atoms with E-state index >= 15 is 0 Å². The Morgan fingerprint density at radius 3 is 2.29 bits per heavy atom. The van der Waals surface area contributed by atoms with Crippen molar-refractivity contribution < 1.29 is 4.79 Å². The van der Waals surface area contributed by atoms with Crippen molar-refractivity contribution in [1.29, 1.82) is 0 Å². The maximum atomic E-state index is 13.2. The number of halogens is 2. The molecule has 2 N–H and O–H groups in total. The fraction of sp³-hybridized carbons (Fsp3) is 0.500. The number of nitrogens with two attached hydrogens (primary N) is 1. The first kappa shape index (κ1) is 25.3. The van der Waals surface area contributed by atoms with Gasteiger partial charge >= 0.3 is 0 Å². The first-order valence-corrected chi connectivity index (χ1v) is 10.5. The lowest BCUT2D eigenvalue weighted by Crippen LogP contribution is -2.54. The number of hydrogen-bond acceptors (Lipinski definition) is 6. The summed E-state index contributed by atoms with van der Waals surface area (Å²) in [5.41, 5.74) is 7.39. The molecule has 2 aromatic rings. The monoisotopic (exact) mass is 466 g/mol. The van der Waals surface area contributed by atoms with Crippen LogP contribution in [0.5, 0.6) is 0 Å². The molecule has 1 aromatic carbocycles. The van der Waals surface area contributed by atoms with Crippen molar-refractivity contribution in [2.24, 2.45) is 11.7 Å². The number of carbonyl (C=O) groups excluding carboxylic acids is 1. The van der Waals surface area contributed by atoms with Crippen molar-refractivity contribution in [1.82, 2.24) is 19.8 Å². The summed E-state index contributed by atoms with van der Waals surface area (Å²) in [7, 11) is 0. The molecule has 9 heteroatoms. The minimum Gasteiger partial charge on any atom is -0.338 e. The molecule has 4 rings (SSSR count). The van der Waals surface area contributed by atoms with Gasteiger partial charge in [-0.3, -0.25) is 9.69 Å². The lowest BCUT2D eigenvalue weighted by molar-refractivity contribution is -0.136. The van der Waals surface area contributed by atoms with E-state index in [0.717, 1.165) is 32.1 Å². The van der Waals surface area contributed by atoms with E-state index in [0.29, 0.717) is 31.5 Å². The van der Waals surface area contributed by atoms with Crippen molar-refractivity contribution in [3.63, 3.8) is 0 Å². The predicted molar refractivity (Wildman–Crippen MR) is 128 cm³/mol. The van der Waals surface area contributed by atoms with Crippen molar-refractivity contribution in [3.8, 4) is 0 Å². The standard InChI is InChI=1S/C22H30N6O.2ClH/c1-17(28-15-19(14-23)20(16-28)18-6-3-2-4-7-18)21(29)26-10-12-27(13-11-26)22-24-8-5-9-25-22;;/h2-9,17,19-20H,10-16,23H2,1H3;2*1H/t17?,19-,20+;;/m1../s1. The molecule has 170 valence electrons. The van der Waals surface area contributed by atoms with Crippen molar-refractivity contribution >= 4 is 36.7 Å². The third kappa shape index (κ3) is 5.66. The Morgan fingerprint density at radius 2 is 1.68 bits per heavy atom. The first-order valence-electron chi connectivity index (χ1n) is 10.5. The van der Waals surface area contributed by atoms with E-state index in [-0.39, 0.29) is 36.8 Å². The normalized spacial score (nSPS) is 22.4. The third-order valence-corrected chi connectivity index (χ3v) is 6.33. The molecule has 2 saturated heterocycles. The van der Waals surface area contributed by atoms with Crippen molar-refractivity contribution in [3.05, 3.63) is 54.4 Å². The van der Waals surface area contributed by atoms with Gasteiger partial charge in [-0.2, -0.15) is 0 Å². The first-order chi connectivity index (χ1) is 14.2. The van der Waals surface area contributed by atoms with Gasteiger partial charge in [0.25, 0.3) is 0 Å². The van der Waals surface area contributed by atoms with Gasteiger partial charge in [0.2, 0.25) is 11.9 Å². The minimum absolute atomic E-state index is 0. The number of likely N-dealkylation sites (tertiary alicyclic amines) is 1. The molecule has 31 heavy (non-hydrogen) atoms. The van der Waals surface area contributed by atoms with Crippen LogP contribution in [0.4, 0.5) is 5.95 Å². The Kier molecular flexibility index (Phi) is 9.50. The number of rotatable bonds is 5. The van der Waals surface area contributed by atoms with E-state index in [1.54, 1.807) is 12.4 Å². The summed E-state index contributed by atoms with van der Waals surface area (Å²) >= 11 is 0. The molecule has 0 spiro atoms. The van der Waals surface area contributed by atoms with Crippen LogP contribution in [-0.4, -0.2) is 77.5 Å². The lowest BCUT2D eigenvalue weighted by atomic mass is 9.89. The molecule has 2 fully saturated rings. The van der Waals surface area contributed by atoms with Gasteiger partial charge in [-0.25, -0.2) is 9.97 Å². The molecule has 2 aliphatic heterocycles. The Hall–Kier alpha value is -1.93. The van der Waals surface area contributed by atoms with Gasteiger partial charge in [0.05, 0.1) is 6.04 Å². The molecule has 1 amide bonds. The largest absolute Gasteiger partial charge is 0.338 e. The van der Waals surface area contributed by atoms with E-state index in [9.17, 15) is 4.79 Å². The maximum Gasteiger partial charge on any atom is 0.239 e. The molecule has 0 bridgehead atoms. The Balaban J connectivity index is 0.00000171. The lowest BCUT2D eigenvalue weighted by Gasteiger charge is -2.37. The number of hydrogen-bond donors (Lipinski definition) is 1. The highest BCUT2D eigenvalue weighted by atomic mass is 35.5. The quantitative estimate of drug-likeness (QED) is 0.725. The molecule has 0 radical (unpaired) electrons. The average Bonchev–Trinajstić information content (AvgIpc) is 3.24. The van der Waals surface area contributed by atoms with Gasteiger partial charge in [0, 0.05) is 57.6 Å². The van der Waals surface area contributed by atoms with E-state index in [1.807, 2.05) is 24.0 Å². The molecule has 3 heterocycles. The average molecular weight is 467 g/mol. The number of anilines is 1. The molecule has 7 nitrogen and oxygen atoms in total. The van der Waals surface area contributed by atoms with Crippen LogP contribution < -0.4 is 10.6 Å². The SMILES string of the molecule is CC(C(=O)N1CCN(c2ncccn2)CC1)N1C[C@@H](CN)[C@H](c2ccccc2)C1.Cl.Cl. The van der Waals surface area contributed by atoms with Crippen LogP contribution in [0.15, 0.2) is 48.8 Å². The van der Waals surface area contributed by atoms with Crippen molar-refractivity contribution in [2.45, 2.75) is 18.9 Å². The second-order valence-electron chi connectivity index (χ2n) is 8.00. The molecular formula is C22H32Cl2N6O. The molecule has 1 unspecified atom stereocenters. The number of carbonyl (C=O) groups is 1. The van der Waals surface area contributed by atoms with Gasteiger partial charge in [0.15, 0.2) is 0 Å². The topological polar surface area (TPSA) is 78.6 Å². The molecule has 2 aliphatic rings. The predicted octanol–water partition coefficient (Wildman–Crippen LogP) is 2.03. The van der Waals surface area contributed by atoms with Crippen LogP contribution in [0.3, 0.4) is 0 Å². The van der Waals surface area contributed by atoms with E-state index in [1.165, 1.54) is 5.56 Å². The molecule has 1 aromatic heterocycles. The summed E-state index contributed by atoms with van der Waals surface area (Å²) in [6.45, 7) is 7.39. The minimum atomic E-state index is -0.128. The fourth-order valence-corrected chi connectivity index (χ4v) is 4.54. The summed E-state index contributed by atoms with van der Waals surface area (Å²) in [5, 5.41) is 0. The summed E-state index contributed by atoms with van der Waals surface area (Å²) in [4.78, 5) is 28.2.